The second-order valence-corrected chi connectivity index (χ2v) is 7.60. The van der Waals surface area contributed by atoms with E-state index in [1.165, 1.54) is 18.2 Å². The molecule has 0 aliphatic heterocycles. The number of halogens is 3. The highest BCUT2D eigenvalue weighted by Crippen LogP contribution is 2.56. The molecule has 0 radical (unpaired) electrons. The molecule has 7 heteroatoms. The quantitative estimate of drug-likeness (QED) is 0.467. The minimum atomic E-state index is -1.36. The van der Waals surface area contributed by atoms with Gasteiger partial charge < -0.3 is 9.84 Å². The van der Waals surface area contributed by atoms with Crippen LogP contribution in [-0.4, -0.2) is 16.7 Å². The maximum absolute atomic E-state index is 14.7. The van der Waals surface area contributed by atoms with Gasteiger partial charge in [-0.1, -0.05) is 23.4 Å². The Morgan fingerprint density at radius 3 is 2.84 bits per heavy atom. The van der Waals surface area contributed by atoms with E-state index in [0.29, 0.717) is 18.0 Å². The summed E-state index contributed by atoms with van der Waals surface area (Å²) in [5.74, 6) is 0.447. The number of nitrogens with zero attached hydrogens (tertiary/aromatic N) is 1. The number of carbonyl (C=O) groups excluding carboxylic acids is 1. The van der Waals surface area contributed by atoms with Gasteiger partial charge in [-0.3, -0.25) is 4.79 Å². The molecule has 2 atom stereocenters. The third-order valence-corrected chi connectivity index (χ3v) is 5.77. The van der Waals surface area contributed by atoms with Gasteiger partial charge >= 0.3 is 0 Å². The van der Waals surface area contributed by atoms with Crippen LogP contribution in [0.5, 0.6) is 0 Å². The van der Waals surface area contributed by atoms with E-state index in [1.807, 2.05) is 18.2 Å². The van der Waals surface area contributed by atoms with Crippen LogP contribution in [0.4, 0.5) is 10.2 Å². The first-order valence-electron chi connectivity index (χ1n) is 7.61. The second kappa shape index (κ2) is 7.25. The smallest absolute Gasteiger partial charge is 0.249 e. The van der Waals surface area contributed by atoms with Gasteiger partial charge in [0.25, 0.3) is 0 Å². The Morgan fingerprint density at radius 1 is 1.36 bits per heavy atom. The van der Waals surface area contributed by atoms with Crippen molar-refractivity contribution in [3.8, 4) is 0 Å². The number of carbonyl (C=O) groups is 1. The van der Waals surface area contributed by atoms with Gasteiger partial charge in [0.1, 0.15) is 11.4 Å². The molecule has 0 spiro atoms. The third kappa shape index (κ3) is 4.46. The molecule has 1 saturated carbocycles. The number of hydrogen-bond acceptors (Lipinski definition) is 3. The largest absolute Gasteiger partial charge is 0.360 e. The fraction of sp³-hybridized carbons (Fsp3) is 0.222. The fourth-order valence-electron chi connectivity index (χ4n) is 2.51. The number of nitrogens with one attached hydrogen (secondary N) is 1. The average Bonchev–Trinajstić information content (AvgIpc) is 3.07. The number of aromatic nitrogens is 1. The maximum atomic E-state index is 14.7. The van der Waals surface area contributed by atoms with Crippen LogP contribution in [-0.2, 0) is 4.79 Å². The van der Waals surface area contributed by atoms with Crippen molar-refractivity contribution in [2.45, 2.75) is 24.9 Å². The first-order valence-corrected chi connectivity index (χ1v) is 9.20. The van der Waals surface area contributed by atoms with Gasteiger partial charge in [0, 0.05) is 27.0 Å². The average molecular weight is 470 g/mol. The highest BCUT2D eigenvalue weighted by molar-refractivity contribution is 9.13. The zero-order chi connectivity index (χ0) is 18.0. The molecule has 1 amide bonds. The number of amides is 1. The number of rotatable bonds is 5. The minimum Gasteiger partial charge on any atom is -0.360 e. The van der Waals surface area contributed by atoms with Gasteiger partial charge in [-0.05, 0) is 69.0 Å². The molecule has 1 fully saturated rings. The molecule has 1 N–H and O–H groups in total. The van der Waals surface area contributed by atoms with E-state index in [1.54, 1.807) is 19.1 Å². The van der Waals surface area contributed by atoms with Crippen molar-refractivity contribution in [2.75, 3.05) is 5.32 Å². The molecule has 2 unspecified atom stereocenters. The standard InChI is InChI=1S/C18H15Br2FN2O2/c1-11-8-16(23-25-11)22-17(24)4-2-3-7-18(21)10-13(18)12-5-6-14(19)15(20)9-12/h2-9,13H,10H2,1H3,(H,22,23,24)/b4-2+,7-3+. The van der Waals surface area contributed by atoms with E-state index < -0.39 is 5.67 Å². The predicted octanol–water partition coefficient (Wildman–Crippen LogP) is 5.45. The van der Waals surface area contributed by atoms with E-state index >= 15 is 0 Å². The van der Waals surface area contributed by atoms with Crippen molar-refractivity contribution in [3.05, 3.63) is 68.8 Å². The lowest BCUT2D eigenvalue weighted by Gasteiger charge is -2.04. The van der Waals surface area contributed by atoms with Crippen LogP contribution < -0.4 is 5.32 Å². The minimum absolute atomic E-state index is 0.159. The summed E-state index contributed by atoms with van der Waals surface area (Å²) < 4.78 is 21.4. The summed E-state index contributed by atoms with van der Waals surface area (Å²) >= 11 is 6.84. The molecule has 0 bridgehead atoms. The zero-order valence-electron chi connectivity index (χ0n) is 13.3. The Kier molecular flexibility index (Phi) is 5.24. The van der Waals surface area contributed by atoms with Crippen molar-refractivity contribution in [3.63, 3.8) is 0 Å². The molecular formula is C18H15Br2FN2O2. The highest BCUT2D eigenvalue weighted by atomic mass is 79.9. The first-order chi connectivity index (χ1) is 11.9. The SMILES string of the molecule is Cc1cc(NC(=O)/C=C/C=C/C2(F)CC2c2ccc(Br)c(Br)c2)no1. The van der Waals surface area contributed by atoms with E-state index in [9.17, 15) is 9.18 Å². The monoisotopic (exact) mass is 468 g/mol. The van der Waals surface area contributed by atoms with Gasteiger partial charge in [-0.25, -0.2) is 4.39 Å². The van der Waals surface area contributed by atoms with Crippen LogP contribution in [0.1, 0.15) is 23.7 Å². The van der Waals surface area contributed by atoms with Gasteiger partial charge in [-0.2, -0.15) is 0 Å². The van der Waals surface area contributed by atoms with Crippen molar-refractivity contribution in [1.82, 2.24) is 5.16 Å². The van der Waals surface area contributed by atoms with Gasteiger partial charge in [-0.15, -0.1) is 0 Å². The molecule has 2 aromatic rings. The fourth-order valence-corrected chi connectivity index (χ4v) is 3.16. The van der Waals surface area contributed by atoms with Crippen molar-refractivity contribution in [1.29, 1.82) is 0 Å². The molecule has 25 heavy (non-hydrogen) atoms. The molecule has 1 aliphatic rings. The summed E-state index contributed by atoms with van der Waals surface area (Å²) in [6, 6.07) is 7.35. The van der Waals surface area contributed by atoms with Crippen molar-refractivity contribution < 1.29 is 13.7 Å². The summed E-state index contributed by atoms with van der Waals surface area (Å²) in [5.41, 5.74) is -0.414. The van der Waals surface area contributed by atoms with Gasteiger partial charge in [0.2, 0.25) is 5.91 Å². The molecule has 3 rings (SSSR count). The molecule has 130 valence electrons. The Hall–Kier alpha value is -1.73. The number of benzene rings is 1. The molecule has 4 nitrogen and oxygen atoms in total. The summed E-state index contributed by atoms with van der Waals surface area (Å²) in [6.45, 7) is 1.73. The van der Waals surface area contributed by atoms with Gasteiger partial charge in [0.05, 0.1) is 0 Å². The topological polar surface area (TPSA) is 55.1 Å². The first kappa shape index (κ1) is 18.1. The number of allylic oxidation sites excluding steroid dienone is 3. The van der Waals surface area contributed by atoms with Crippen LogP contribution in [0.2, 0.25) is 0 Å². The molecule has 1 aromatic heterocycles. The van der Waals surface area contributed by atoms with E-state index in [2.05, 4.69) is 42.3 Å². The lowest BCUT2D eigenvalue weighted by Crippen LogP contribution is -2.07. The summed E-state index contributed by atoms with van der Waals surface area (Å²) in [4.78, 5) is 11.7. The van der Waals surface area contributed by atoms with Crippen LogP contribution >= 0.6 is 31.9 Å². The Morgan fingerprint density at radius 2 is 2.16 bits per heavy atom. The Bertz CT molecular complexity index is 863. The number of aryl methyl sites for hydroxylation is 1. The zero-order valence-corrected chi connectivity index (χ0v) is 16.5. The van der Waals surface area contributed by atoms with Gasteiger partial charge in [0.15, 0.2) is 5.82 Å². The molecule has 1 aromatic carbocycles. The lowest BCUT2D eigenvalue weighted by molar-refractivity contribution is -0.111. The third-order valence-electron chi connectivity index (χ3n) is 3.89. The number of anilines is 1. The van der Waals surface area contributed by atoms with Crippen molar-refractivity contribution >= 4 is 43.6 Å². The van der Waals surface area contributed by atoms with Crippen LogP contribution in [0.3, 0.4) is 0 Å². The maximum Gasteiger partial charge on any atom is 0.249 e. The molecule has 0 saturated heterocycles. The summed E-state index contributed by atoms with van der Waals surface area (Å²) in [7, 11) is 0. The number of hydrogen-bond donors (Lipinski definition) is 1. The molecule has 1 heterocycles. The van der Waals surface area contributed by atoms with E-state index in [4.69, 9.17) is 4.52 Å². The number of alkyl halides is 1. The summed E-state index contributed by atoms with van der Waals surface area (Å²) in [5, 5.41) is 6.22. The molecule has 1 aliphatic carbocycles. The highest BCUT2D eigenvalue weighted by Gasteiger charge is 2.54. The summed E-state index contributed by atoms with van der Waals surface area (Å²) in [6.07, 6.45) is 6.32. The van der Waals surface area contributed by atoms with E-state index in [-0.39, 0.29) is 11.8 Å². The molecular weight excluding hydrogens is 455 g/mol. The van der Waals surface area contributed by atoms with Crippen LogP contribution in [0.25, 0.3) is 0 Å². The Labute approximate surface area is 161 Å². The predicted molar refractivity (Wildman–Crippen MR) is 101 cm³/mol. The van der Waals surface area contributed by atoms with E-state index in [0.717, 1.165) is 14.5 Å². The van der Waals surface area contributed by atoms with Crippen LogP contribution in [0.15, 0.2) is 62.0 Å². The normalized spacial score (nSPS) is 22.6. The Balaban J connectivity index is 1.55. The van der Waals surface area contributed by atoms with Crippen molar-refractivity contribution in [2.24, 2.45) is 0 Å². The van der Waals surface area contributed by atoms with Crippen LogP contribution in [0, 0.1) is 6.92 Å². The second-order valence-electron chi connectivity index (χ2n) is 5.89. The lowest BCUT2D eigenvalue weighted by atomic mass is 10.1.